The van der Waals surface area contributed by atoms with Crippen molar-refractivity contribution in [3.8, 4) is 0 Å². The molecule has 0 atom stereocenters. The molecule has 1 aliphatic rings. The highest BCUT2D eigenvalue weighted by atomic mass is 19.0. The molecule has 1 nitrogen and oxygen atoms in total. The number of quaternary nitrogens is 1. The number of rotatable bonds is 9. The van der Waals surface area contributed by atoms with Gasteiger partial charge in [0.05, 0.1) is 26.7 Å². The molecule has 0 amide bonds. The second kappa shape index (κ2) is 9.87. The van der Waals surface area contributed by atoms with Gasteiger partial charge < -0.3 is 9.19 Å². The Kier molecular flexibility index (Phi) is 9.81. The largest absolute Gasteiger partial charge is 1.00 e. The van der Waals surface area contributed by atoms with E-state index in [0.29, 0.717) is 0 Å². The normalized spacial score (nSPS) is 18.0. The maximum absolute atomic E-state index is 2.45. The molecule has 1 saturated heterocycles. The van der Waals surface area contributed by atoms with Crippen LogP contribution in [0.1, 0.15) is 71.1 Å². The molecule has 2 heteroatoms. The quantitative estimate of drug-likeness (QED) is 0.425. The van der Waals surface area contributed by atoms with Gasteiger partial charge in [0.25, 0.3) is 0 Å². The lowest BCUT2D eigenvalue weighted by atomic mass is 10.1. The standard InChI is InChI=1S/C15H32N.FH/c1-3-4-5-6-7-8-9-10-13-16(2)14-11-12-15-16;/h3-15H2,1-2H3;1H/q+1;/p-1. The highest BCUT2D eigenvalue weighted by Crippen LogP contribution is 2.18. The van der Waals surface area contributed by atoms with Crippen LogP contribution < -0.4 is 4.70 Å². The molecule has 17 heavy (non-hydrogen) atoms. The third kappa shape index (κ3) is 7.75. The minimum Gasteiger partial charge on any atom is -1.00 e. The van der Waals surface area contributed by atoms with Crippen molar-refractivity contribution in [3.05, 3.63) is 0 Å². The van der Waals surface area contributed by atoms with Gasteiger partial charge in [0.2, 0.25) is 0 Å². The van der Waals surface area contributed by atoms with Gasteiger partial charge in [-0.15, -0.1) is 0 Å². The Balaban J connectivity index is 0.00000256. The summed E-state index contributed by atoms with van der Waals surface area (Å²) in [5.41, 5.74) is 0. The van der Waals surface area contributed by atoms with Gasteiger partial charge in [-0.1, -0.05) is 45.4 Å². The molecular weight excluding hydrogens is 213 g/mol. The van der Waals surface area contributed by atoms with Gasteiger partial charge in [0, 0.05) is 12.8 Å². The first-order valence-electron chi connectivity index (χ1n) is 7.60. The molecule has 104 valence electrons. The maximum Gasteiger partial charge on any atom is 0.0786 e. The molecule has 0 aromatic rings. The summed E-state index contributed by atoms with van der Waals surface area (Å²) >= 11 is 0. The second-order valence-electron chi connectivity index (χ2n) is 5.97. The van der Waals surface area contributed by atoms with E-state index < -0.39 is 0 Å². The molecule has 0 N–H and O–H groups in total. The zero-order valence-electron chi connectivity index (χ0n) is 12.0. The van der Waals surface area contributed by atoms with Crippen molar-refractivity contribution >= 4 is 0 Å². The molecule has 0 unspecified atom stereocenters. The summed E-state index contributed by atoms with van der Waals surface area (Å²) in [4.78, 5) is 0. The molecule has 0 saturated carbocycles. The SMILES string of the molecule is CCCCCCCCCC[N+]1(C)CCCC1.[F-]. The van der Waals surface area contributed by atoms with Crippen LogP contribution in [-0.4, -0.2) is 31.2 Å². The Hall–Kier alpha value is -0.110. The van der Waals surface area contributed by atoms with Crippen LogP contribution >= 0.6 is 0 Å². The van der Waals surface area contributed by atoms with E-state index in [1.54, 1.807) is 0 Å². The molecule has 0 spiro atoms. The molecule has 1 rings (SSSR count). The summed E-state index contributed by atoms with van der Waals surface area (Å²) in [6.07, 6.45) is 14.6. The topological polar surface area (TPSA) is 0 Å². The average Bonchev–Trinajstić information content (AvgIpc) is 2.70. The van der Waals surface area contributed by atoms with E-state index in [1.807, 2.05) is 0 Å². The Morgan fingerprint density at radius 2 is 1.24 bits per heavy atom. The van der Waals surface area contributed by atoms with E-state index >= 15 is 0 Å². The van der Waals surface area contributed by atoms with Crippen LogP contribution in [0.3, 0.4) is 0 Å². The van der Waals surface area contributed by atoms with Crippen molar-refractivity contribution in [2.24, 2.45) is 0 Å². The smallest absolute Gasteiger partial charge is 0.0786 e. The first kappa shape index (κ1) is 16.9. The van der Waals surface area contributed by atoms with Gasteiger partial charge in [-0.25, -0.2) is 0 Å². The highest BCUT2D eigenvalue weighted by Gasteiger charge is 2.25. The average molecular weight is 245 g/mol. The summed E-state index contributed by atoms with van der Waals surface area (Å²) in [5, 5.41) is 0. The summed E-state index contributed by atoms with van der Waals surface area (Å²) in [7, 11) is 2.45. The summed E-state index contributed by atoms with van der Waals surface area (Å²) in [5.74, 6) is 0. The van der Waals surface area contributed by atoms with Crippen molar-refractivity contribution < 1.29 is 9.19 Å². The Morgan fingerprint density at radius 3 is 1.76 bits per heavy atom. The second-order valence-corrected chi connectivity index (χ2v) is 5.97. The minimum absolute atomic E-state index is 0. The number of likely N-dealkylation sites (tertiary alicyclic amines) is 1. The molecule has 0 aromatic carbocycles. The fraction of sp³-hybridized carbons (Fsp3) is 1.00. The number of hydrogen-bond donors (Lipinski definition) is 0. The monoisotopic (exact) mass is 245 g/mol. The van der Waals surface area contributed by atoms with Crippen LogP contribution in [0, 0.1) is 0 Å². The molecule has 0 bridgehead atoms. The summed E-state index contributed by atoms with van der Waals surface area (Å²) < 4.78 is 1.37. The van der Waals surface area contributed by atoms with E-state index in [4.69, 9.17) is 0 Å². The predicted octanol–water partition coefficient (Wildman–Crippen LogP) is 1.37. The Morgan fingerprint density at radius 1 is 0.765 bits per heavy atom. The molecule has 0 radical (unpaired) electrons. The van der Waals surface area contributed by atoms with Gasteiger partial charge >= 0.3 is 0 Å². The van der Waals surface area contributed by atoms with Crippen LogP contribution in [0.15, 0.2) is 0 Å². The summed E-state index contributed by atoms with van der Waals surface area (Å²) in [6.45, 7) is 6.61. The van der Waals surface area contributed by atoms with Crippen molar-refractivity contribution in [2.75, 3.05) is 26.7 Å². The molecule has 0 aliphatic carbocycles. The number of halogens is 1. The highest BCUT2D eigenvalue weighted by molar-refractivity contribution is 4.53. The van der Waals surface area contributed by atoms with Gasteiger partial charge in [-0.3, -0.25) is 0 Å². The number of hydrogen-bond acceptors (Lipinski definition) is 0. The van der Waals surface area contributed by atoms with Gasteiger partial charge in [-0.2, -0.15) is 0 Å². The van der Waals surface area contributed by atoms with Crippen molar-refractivity contribution in [3.63, 3.8) is 0 Å². The van der Waals surface area contributed by atoms with E-state index in [2.05, 4.69) is 14.0 Å². The number of unbranched alkanes of at least 4 members (excludes halogenated alkanes) is 7. The van der Waals surface area contributed by atoms with Crippen molar-refractivity contribution in [1.29, 1.82) is 0 Å². The Bertz CT molecular complexity index is 164. The molecule has 1 heterocycles. The lowest BCUT2D eigenvalue weighted by molar-refractivity contribution is -0.897. The van der Waals surface area contributed by atoms with Crippen LogP contribution in [0.5, 0.6) is 0 Å². The van der Waals surface area contributed by atoms with Crippen LogP contribution in [0.25, 0.3) is 0 Å². The predicted molar refractivity (Wildman–Crippen MR) is 72.6 cm³/mol. The fourth-order valence-electron chi connectivity index (χ4n) is 2.95. The van der Waals surface area contributed by atoms with E-state index in [9.17, 15) is 0 Å². The van der Waals surface area contributed by atoms with E-state index in [1.165, 1.54) is 88.3 Å². The number of nitrogens with zero attached hydrogens (tertiary/aromatic N) is 1. The maximum atomic E-state index is 2.45. The van der Waals surface area contributed by atoms with Crippen LogP contribution in [0.4, 0.5) is 0 Å². The van der Waals surface area contributed by atoms with E-state index in [-0.39, 0.29) is 4.70 Å². The molecular formula is C15H32FN. The first-order chi connectivity index (χ1) is 7.77. The zero-order valence-corrected chi connectivity index (χ0v) is 12.0. The Labute approximate surface area is 108 Å². The van der Waals surface area contributed by atoms with Crippen LogP contribution in [-0.2, 0) is 0 Å². The fourth-order valence-corrected chi connectivity index (χ4v) is 2.95. The van der Waals surface area contributed by atoms with Gasteiger partial charge in [0.15, 0.2) is 0 Å². The van der Waals surface area contributed by atoms with Gasteiger partial charge in [0.1, 0.15) is 0 Å². The van der Waals surface area contributed by atoms with Crippen LogP contribution in [0.2, 0.25) is 0 Å². The third-order valence-electron chi connectivity index (χ3n) is 4.20. The van der Waals surface area contributed by atoms with Gasteiger partial charge in [-0.05, 0) is 12.8 Å². The first-order valence-corrected chi connectivity index (χ1v) is 7.60. The minimum atomic E-state index is 0. The molecule has 1 fully saturated rings. The van der Waals surface area contributed by atoms with E-state index in [0.717, 1.165) is 0 Å². The zero-order chi connectivity index (χ0) is 11.7. The molecule has 0 aromatic heterocycles. The van der Waals surface area contributed by atoms with Crippen molar-refractivity contribution in [2.45, 2.75) is 71.1 Å². The lowest BCUT2D eigenvalue weighted by Gasteiger charge is -2.29. The van der Waals surface area contributed by atoms with Crippen molar-refractivity contribution in [1.82, 2.24) is 0 Å². The summed E-state index contributed by atoms with van der Waals surface area (Å²) in [6, 6.07) is 0. The third-order valence-corrected chi connectivity index (χ3v) is 4.20. The molecule has 1 aliphatic heterocycles. The lowest BCUT2D eigenvalue weighted by Crippen LogP contribution is -3.00.